The van der Waals surface area contributed by atoms with Crippen LogP contribution in [0.1, 0.15) is 81.3 Å². The van der Waals surface area contributed by atoms with Crippen LogP contribution >= 0.6 is 0 Å². The number of amides is 1. The summed E-state index contributed by atoms with van der Waals surface area (Å²) in [5.74, 6) is 1.48. The second-order valence-corrected chi connectivity index (χ2v) is 11.0. The molecule has 2 heterocycles. The van der Waals surface area contributed by atoms with E-state index < -0.39 is 16.8 Å². The maximum absolute atomic E-state index is 13.4. The first-order chi connectivity index (χ1) is 15.2. The molecule has 2 aliphatic heterocycles. The Morgan fingerprint density at radius 3 is 2.69 bits per heavy atom. The minimum atomic E-state index is -0.859. The van der Waals surface area contributed by atoms with E-state index in [2.05, 4.69) is 33.8 Å². The highest BCUT2D eigenvalue weighted by molar-refractivity contribution is 7.91. The maximum atomic E-state index is 13.4. The van der Waals surface area contributed by atoms with E-state index in [0.717, 1.165) is 44.1 Å². The van der Waals surface area contributed by atoms with E-state index in [9.17, 15) is 14.5 Å². The van der Waals surface area contributed by atoms with Crippen molar-refractivity contribution in [2.75, 3.05) is 24.6 Å². The molecule has 1 fully saturated rings. The van der Waals surface area contributed by atoms with E-state index in [1.165, 1.54) is 5.57 Å². The van der Waals surface area contributed by atoms with E-state index in [1.54, 1.807) is 4.90 Å². The number of aryl methyl sites for hydroxylation is 1. The number of hydrogen-bond donors (Lipinski definition) is 1. The number of unbranched alkanes of at least 4 members (excludes halogenated alkanes) is 2. The number of aromatic hydroxyl groups is 1. The molecule has 6 heteroatoms. The first-order valence-corrected chi connectivity index (χ1v) is 13.3. The van der Waals surface area contributed by atoms with E-state index in [0.29, 0.717) is 41.5 Å². The summed E-state index contributed by atoms with van der Waals surface area (Å²) in [7, 11) is 0. The predicted octanol–water partition coefficient (Wildman–Crippen LogP) is 5.24. The van der Waals surface area contributed by atoms with Gasteiger partial charge in [0.1, 0.15) is 28.6 Å². The molecule has 0 aliphatic carbocycles. The van der Waals surface area contributed by atoms with Gasteiger partial charge in [-0.05, 0) is 70.2 Å². The maximum Gasteiger partial charge on any atom is 0.258 e. The van der Waals surface area contributed by atoms with Crippen LogP contribution in [0.4, 0.5) is 0 Å². The molecule has 0 saturated carbocycles. The van der Waals surface area contributed by atoms with Gasteiger partial charge in [-0.1, -0.05) is 42.6 Å². The highest BCUT2D eigenvalue weighted by atomic mass is 32.2. The summed E-state index contributed by atoms with van der Waals surface area (Å²) in [5, 5.41) is 11.2. The van der Waals surface area contributed by atoms with Crippen LogP contribution in [0.15, 0.2) is 23.8 Å². The second kappa shape index (κ2) is 10.8. The van der Waals surface area contributed by atoms with Crippen molar-refractivity contribution in [2.24, 2.45) is 0 Å². The summed E-state index contributed by atoms with van der Waals surface area (Å²) in [6.07, 6.45) is 11.7. The second-order valence-electron chi connectivity index (χ2n) is 9.34. The summed E-state index contributed by atoms with van der Waals surface area (Å²) in [4.78, 5) is 15.1. The fourth-order valence-electron chi connectivity index (χ4n) is 4.28. The molecule has 1 aromatic carbocycles. The zero-order valence-corrected chi connectivity index (χ0v) is 20.7. The summed E-state index contributed by atoms with van der Waals surface area (Å²) in [6.45, 7) is 9.32. The average molecular weight is 460 g/mol. The number of phenolic OH excluding ortho intramolecular Hbond substituents is 1. The standard InChI is InChI=1S/C26H37NO4S/c1-5-6-7-10-20-18-22-21(11-13-26(4,31-22)12-8-9-19(2)3)24(28)23(20)25(29)27-14-16-32(30)17-15-27/h9,11,13,18,28H,5-8,10,12,14-17H2,1-4H3. The molecule has 1 unspecified atom stereocenters. The number of rotatable bonds is 8. The summed E-state index contributed by atoms with van der Waals surface area (Å²) in [6, 6.07) is 1.96. The summed E-state index contributed by atoms with van der Waals surface area (Å²) < 4.78 is 18.1. The number of nitrogens with zero attached hydrogens (tertiary/aromatic N) is 1. The number of ether oxygens (including phenoxy) is 1. The molecule has 5 nitrogen and oxygen atoms in total. The summed E-state index contributed by atoms with van der Waals surface area (Å²) in [5.41, 5.74) is 2.64. The number of fused-ring (bicyclic) bond motifs is 1. The number of hydrogen-bond acceptors (Lipinski definition) is 4. The SMILES string of the molecule is CCCCCc1cc2c(c(O)c1C(=O)N1CC[S+]([O-])CC1)C=CC(C)(CCC=C(C)C)O2. The van der Waals surface area contributed by atoms with Gasteiger partial charge in [0.2, 0.25) is 0 Å². The van der Waals surface area contributed by atoms with E-state index >= 15 is 0 Å². The lowest BCUT2D eigenvalue weighted by Gasteiger charge is -2.33. The molecule has 1 saturated heterocycles. The Balaban J connectivity index is 1.92. The number of carbonyl (C=O) groups excluding carboxylic acids is 1. The van der Waals surface area contributed by atoms with Gasteiger partial charge in [0, 0.05) is 0 Å². The van der Waals surface area contributed by atoms with Crippen LogP contribution < -0.4 is 4.74 Å². The van der Waals surface area contributed by atoms with Crippen molar-refractivity contribution >= 4 is 23.2 Å². The van der Waals surface area contributed by atoms with Crippen molar-refractivity contribution in [3.05, 3.63) is 40.5 Å². The first kappa shape index (κ1) is 24.7. The zero-order valence-electron chi connectivity index (χ0n) is 19.9. The minimum absolute atomic E-state index is 0.00768. The molecule has 1 aromatic rings. The first-order valence-electron chi connectivity index (χ1n) is 11.8. The fourth-order valence-corrected chi connectivity index (χ4v) is 5.34. The van der Waals surface area contributed by atoms with Gasteiger partial charge in [0.15, 0.2) is 0 Å². The van der Waals surface area contributed by atoms with Crippen LogP contribution in [0, 0.1) is 0 Å². The molecule has 176 valence electrons. The van der Waals surface area contributed by atoms with Crippen molar-refractivity contribution < 1.29 is 19.2 Å². The van der Waals surface area contributed by atoms with Gasteiger partial charge >= 0.3 is 0 Å². The topological polar surface area (TPSA) is 72.8 Å². The van der Waals surface area contributed by atoms with Gasteiger partial charge in [-0.3, -0.25) is 4.79 Å². The van der Waals surface area contributed by atoms with Crippen molar-refractivity contribution in [1.82, 2.24) is 4.90 Å². The molecule has 3 rings (SSSR count). The Labute approximate surface area is 195 Å². The lowest BCUT2D eigenvalue weighted by molar-refractivity contribution is 0.0765. The largest absolute Gasteiger partial charge is 0.616 e. The van der Waals surface area contributed by atoms with Gasteiger partial charge in [-0.2, -0.15) is 0 Å². The normalized spacial score (nSPS) is 20.6. The predicted molar refractivity (Wildman–Crippen MR) is 132 cm³/mol. The Bertz CT molecular complexity index is 882. The monoisotopic (exact) mass is 459 g/mol. The third kappa shape index (κ3) is 5.90. The molecule has 1 amide bonds. The number of carbonyl (C=O) groups is 1. The Hall–Kier alpha value is -1.92. The van der Waals surface area contributed by atoms with Crippen molar-refractivity contribution in [2.45, 2.75) is 71.8 Å². The van der Waals surface area contributed by atoms with Crippen molar-refractivity contribution in [3.8, 4) is 11.5 Å². The van der Waals surface area contributed by atoms with Crippen LogP contribution in [0.5, 0.6) is 11.5 Å². The van der Waals surface area contributed by atoms with Crippen LogP contribution in [-0.4, -0.2) is 50.7 Å². The van der Waals surface area contributed by atoms with Gasteiger partial charge in [-0.25, -0.2) is 0 Å². The molecular weight excluding hydrogens is 422 g/mol. The minimum Gasteiger partial charge on any atom is -0.616 e. The Morgan fingerprint density at radius 2 is 2.03 bits per heavy atom. The van der Waals surface area contributed by atoms with Crippen LogP contribution in [0.25, 0.3) is 6.08 Å². The van der Waals surface area contributed by atoms with Crippen LogP contribution in [0.3, 0.4) is 0 Å². The molecule has 0 radical (unpaired) electrons. The number of benzene rings is 1. The quantitative estimate of drug-likeness (QED) is 0.328. The smallest absolute Gasteiger partial charge is 0.258 e. The highest BCUT2D eigenvalue weighted by Gasteiger charge is 2.33. The molecule has 32 heavy (non-hydrogen) atoms. The molecular formula is C26H37NO4S. The molecule has 1 atom stereocenters. The fraction of sp³-hybridized carbons (Fsp3) is 0.577. The molecule has 0 spiro atoms. The Morgan fingerprint density at radius 1 is 1.31 bits per heavy atom. The van der Waals surface area contributed by atoms with Crippen LogP contribution in [0.2, 0.25) is 0 Å². The lowest BCUT2D eigenvalue weighted by Crippen LogP contribution is -2.44. The van der Waals surface area contributed by atoms with Gasteiger partial charge < -0.3 is 19.3 Å². The zero-order chi connectivity index (χ0) is 23.3. The number of phenols is 1. The third-order valence-electron chi connectivity index (χ3n) is 6.25. The molecule has 2 aliphatic rings. The third-order valence-corrected chi connectivity index (χ3v) is 7.53. The lowest BCUT2D eigenvalue weighted by atomic mass is 9.90. The molecule has 1 N–H and O–H groups in total. The average Bonchev–Trinajstić information content (AvgIpc) is 2.73. The molecule has 0 bridgehead atoms. The van der Waals surface area contributed by atoms with Crippen molar-refractivity contribution in [3.63, 3.8) is 0 Å². The van der Waals surface area contributed by atoms with E-state index in [4.69, 9.17) is 4.74 Å². The van der Waals surface area contributed by atoms with Gasteiger partial charge in [-0.15, -0.1) is 0 Å². The van der Waals surface area contributed by atoms with E-state index in [-0.39, 0.29) is 11.7 Å². The van der Waals surface area contributed by atoms with Gasteiger partial charge in [0.05, 0.1) is 24.2 Å². The Kier molecular flexibility index (Phi) is 8.34. The van der Waals surface area contributed by atoms with E-state index in [1.807, 2.05) is 18.2 Å². The van der Waals surface area contributed by atoms with Crippen molar-refractivity contribution in [1.29, 1.82) is 0 Å². The summed E-state index contributed by atoms with van der Waals surface area (Å²) >= 11 is -0.859. The molecule has 0 aromatic heterocycles. The van der Waals surface area contributed by atoms with Gasteiger partial charge in [0.25, 0.3) is 5.91 Å². The van der Waals surface area contributed by atoms with Crippen LogP contribution in [-0.2, 0) is 17.6 Å². The highest BCUT2D eigenvalue weighted by Crippen LogP contribution is 2.42. The number of allylic oxidation sites excluding steroid dienone is 2.